The van der Waals surface area contributed by atoms with Gasteiger partial charge in [-0.3, -0.25) is 0 Å². The summed E-state index contributed by atoms with van der Waals surface area (Å²) in [6.07, 6.45) is 1.07. The van der Waals surface area contributed by atoms with Crippen molar-refractivity contribution in [3.63, 3.8) is 0 Å². The first-order chi connectivity index (χ1) is 11.6. The van der Waals surface area contributed by atoms with Crippen molar-refractivity contribution >= 4 is 23.1 Å². The zero-order valence-electron chi connectivity index (χ0n) is 13.8. The minimum absolute atomic E-state index is 0.301. The standard InChI is InChI=1S/C19H19ClO4/c1-13(24-15-8-6-7-14(20)11-15)16-9-4-5-10-17(16)18(12-22-2)19(21)23-3/h4-13H,1-3H3/b18-12+. The number of esters is 1. The summed E-state index contributed by atoms with van der Waals surface area (Å²) in [4.78, 5) is 12.1. The topological polar surface area (TPSA) is 44.8 Å². The van der Waals surface area contributed by atoms with E-state index in [9.17, 15) is 4.79 Å². The SMILES string of the molecule is CO/C=C(/C(=O)OC)c1ccccc1C(C)Oc1cccc(Cl)c1. The molecule has 0 spiro atoms. The molecule has 0 aliphatic rings. The summed E-state index contributed by atoms with van der Waals surface area (Å²) >= 11 is 5.99. The molecule has 0 saturated carbocycles. The third kappa shape index (κ3) is 4.30. The van der Waals surface area contributed by atoms with E-state index >= 15 is 0 Å². The highest BCUT2D eigenvalue weighted by molar-refractivity contribution is 6.30. The first-order valence-electron chi connectivity index (χ1n) is 7.39. The maximum absolute atomic E-state index is 12.1. The number of hydrogen-bond donors (Lipinski definition) is 0. The van der Waals surface area contributed by atoms with Crippen LogP contribution in [0.5, 0.6) is 5.75 Å². The van der Waals surface area contributed by atoms with Crippen LogP contribution < -0.4 is 4.74 Å². The van der Waals surface area contributed by atoms with Gasteiger partial charge >= 0.3 is 5.97 Å². The van der Waals surface area contributed by atoms with Gasteiger partial charge in [-0.25, -0.2) is 4.79 Å². The van der Waals surface area contributed by atoms with E-state index in [1.807, 2.05) is 43.3 Å². The predicted octanol–water partition coefficient (Wildman–Crippen LogP) is 4.64. The van der Waals surface area contributed by atoms with Crippen LogP contribution in [0.15, 0.2) is 54.8 Å². The summed E-state index contributed by atoms with van der Waals surface area (Å²) in [5.41, 5.74) is 1.86. The number of halogens is 1. The molecule has 1 atom stereocenters. The van der Waals surface area contributed by atoms with Gasteiger partial charge in [-0.05, 0) is 30.7 Å². The molecule has 5 heteroatoms. The van der Waals surface area contributed by atoms with Crippen LogP contribution in [0.1, 0.15) is 24.2 Å². The molecule has 2 aromatic rings. The maximum Gasteiger partial charge on any atom is 0.341 e. The fraction of sp³-hybridized carbons (Fsp3) is 0.211. The molecule has 2 aromatic carbocycles. The van der Waals surface area contributed by atoms with Gasteiger partial charge in [0, 0.05) is 10.6 Å². The van der Waals surface area contributed by atoms with Gasteiger partial charge in [-0.1, -0.05) is 41.9 Å². The zero-order chi connectivity index (χ0) is 17.5. The molecule has 24 heavy (non-hydrogen) atoms. The van der Waals surface area contributed by atoms with Crippen molar-refractivity contribution in [2.75, 3.05) is 14.2 Å². The van der Waals surface area contributed by atoms with E-state index in [1.165, 1.54) is 20.5 Å². The Morgan fingerprint density at radius 3 is 2.54 bits per heavy atom. The zero-order valence-corrected chi connectivity index (χ0v) is 14.5. The van der Waals surface area contributed by atoms with Crippen molar-refractivity contribution in [3.05, 3.63) is 70.9 Å². The van der Waals surface area contributed by atoms with Crippen LogP contribution in [0.3, 0.4) is 0 Å². The van der Waals surface area contributed by atoms with Crippen LogP contribution >= 0.6 is 11.6 Å². The first-order valence-corrected chi connectivity index (χ1v) is 7.77. The number of benzene rings is 2. The Hall–Kier alpha value is -2.46. The van der Waals surface area contributed by atoms with Crippen molar-refractivity contribution in [2.24, 2.45) is 0 Å². The highest BCUT2D eigenvalue weighted by Gasteiger charge is 2.20. The predicted molar refractivity (Wildman–Crippen MR) is 93.9 cm³/mol. The van der Waals surface area contributed by atoms with Gasteiger partial charge in [0.05, 0.1) is 20.5 Å². The van der Waals surface area contributed by atoms with Crippen LogP contribution in [0.2, 0.25) is 5.02 Å². The van der Waals surface area contributed by atoms with Crippen molar-refractivity contribution in [3.8, 4) is 5.75 Å². The normalized spacial score (nSPS) is 12.4. The van der Waals surface area contributed by atoms with Gasteiger partial charge in [0.2, 0.25) is 0 Å². The van der Waals surface area contributed by atoms with E-state index in [4.69, 9.17) is 25.8 Å². The molecule has 0 aromatic heterocycles. The molecule has 126 valence electrons. The lowest BCUT2D eigenvalue weighted by atomic mass is 9.97. The first kappa shape index (κ1) is 17.9. The van der Waals surface area contributed by atoms with Gasteiger partial charge in [0.1, 0.15) is 17.4 Å². The molecule has 2 rings (SSSR count). The molecular weight excluding hydrogens is 328 g/mol. The minimum Gasteiger partial charge on any atom is -0.503 e. The average Bonchev–Trinajstić information content (AvgIpc) is 2.59. The lowest BCUT2D eigenvalue weighted by Gasteiger charge is -2.19. The Balaban J connectivity index is 2.37. The van der Waals surface area contributed by atoms with Crippen molar-refractivity contribution < 1.29 is 19.0 Å². The Bertz CT molecular complexity index is 740. The molecule has 0 heterocycles. The number of carbonyl (C=O) groups excluding carboxylic acids is 1. The smallest absolute Gasteiger partial charge is 0.341 e. The monoisotopic (exact) mass is 346 g/mol. The molecule has 0 bridgehead atoms. The van der Waals surface area contributed by atoms with Crippen LogP contribution in [0, 0.1) is 0 Å². The molecule has 1 unspecified atom stereocenters. The fourth-order valence-corrected chi connectivity index (χ4v) is 2.53. The Kier molecular flexibility index (Phi) is 6.27. The summed E-state index contributed by atoms with van der Waals surface area (Å²) in [7, 11) is 2.82. The second kappa shape index (κ2) is 8.41. The molecule has 0 N–H and O–H groups in total. The van der Waals surface area contributed by atoms with Crippen molar-refractivity contribution in [2.45, 2.75) is 13.0 Å². The van der Waals surface area contributed by atoms with E-state index in [1.54, 1.807) is 12.1 Å². The average molecular weight is 347 g/mol. The number of hydrogen-bond acceptors (Lipinski definition) is 4. The third-order valence-electron chi connectivity index (χ3n) is 3.44. The second-order valence-electron chi connectivity index (χ2n) is 5.06. The molecule has 0 fully saturated rings. The summed E-state index contributed by atoms with van der Waals surface area (Å²) in [5.74, 6) is 0.180. The molecule has 0 aliphatic carbocycles. The number of carbonyl (C=O) groups is 1. The molecule has 0 amide bonds. The van der Waals surface area contributed by atoms with Gasteiger partial charge in [-0.15, -0.1) is 0 Å². The maximum atomic E-state index is 12.1. The summed E-state index contributed by atoms with van der Waals surface area (Å²) in [5, 5.41) is 0.600. The van der Waals surface area contributed by atoms with Gasteiger partial charge < -0.3 is 14.2 Å². The van der Waals surface area contributed by atoms with E-state index in [-0.39, 0.29) is 6.10 Å². The van der Waals surface area contributed by atoms with Crippen molar-refractivity contribution in [1.82, 2.24) is 0 Å². The summed E-state index contributed by atoms with van der Waals surface area (Å²) < 4.78 is 15.8. The van der Waals surface area contributed by atoms with E-state index in [0.717, 1.165) is 5.56 Å². The lowest BCUT2D eigenvalue weighted by molar-refractivity contribution is -0.133. The summed E-state index contributed by atoms with van der Waals surface area (Å²) in [6, 6.07) is 14.6. The number of methoxy groups -OCH3 is 2. The quantitative estimate of drug-likeness (QED) is 0.434. The molecule has 4 nitrogen and oxygen atoms in total. The largest absolute Gasteiger partial charge is 0.503 e. The Morgan fingerprint density at radius 1 is 1.12 bits per heavy atom. The highest BCUT2D eigenvalue weighted by Crippen LogP contribution is 2.30. The molecular formula is C19H19ClO4. The van der Waals surface area contributed by atoms with E-state index in [0.29, 0.717) is 21.9 Å². The van der Waals surface area contributed by atoms with Crippen LogP contribution in [0.4, 0.5) is 0 Å². The number of rotatable bonds is 6. The summed E-state index contributed by atoms with van der Waals surface area (Å²) in [6.45, 7) is 1.90. The van der Waals surface area contributed by atoms with Crippen LogP contribution in [0.25, 0.3) is 5.57 Å². The Labute approximate surface area is 146 Å². The second-order valence-corrected chi connectivity index (χ2v) is 5.50. The minimum atomic E-state index is -0.473. The highest BCUT2D eigenvalue weighted by atomic mass is 35.5. The third-order valence-corrected chi connectivity index (χ3v) is 3.67. The van der Waals surface area contributed by atoms with E-state index in [2.05, 4.69) is 0 Å². The Morgan fingerprint density at radius 2 is 1.88 bits per heavy atom. The van der Waals surface area contributed by atoms with Gasteiger partial charge in [0.15, 0.2) is 0 Å². The van der Waals surface area contributed by atoms with Crippen LogP contribution in [-0.4, -0.2) is 20.2 Å². The molecule has 0 aliphatic heterocycles. The van der Waals surface area contributed by atoms with Crippen molar-refractivity contribution in [1.29, 1.82) is 0 Å². The van der Waals surface area contributed by atoms with E-state index < -0.39 is 5.97 Å². The fourth-order valence-electron chi connectivity index (χ4n) is 2.35. The van der Waals surface area contributed by atoms with Gasteiger partial charge in [0.25, 0.3) is 0 Å². The van der Waals surface area contributed by atoms with Crippen LogP contribution in [-0.2, 0) is 14.3 Å². The number of ether oxygens (including phenoxy) is 3. The molecule has 0 saturated heterocycles. The lowest BCUT2D eigenvalue weighted by Crippen LogP contribution is -2.11. The van der Waals surface area contributed by atoms with Gasteiger partial charge in [-0.2, -0.15) is 0 Å². The molecule has 0 radical (unpaired) electrons.